The van der Waals surface area contributed by atoms with Crippen molar-refractivity contribution in [1.82, 2.24) is 5.32 Å². The Bertz CT molecular complexity index is 719. The van der Waals surface area contributed by atoms with Crippen LogP contribution in [-0.2, 0) is 0 Å². The maximum Gasteiger partial charge on any atom is 0.323 e. The summed E-state index contributed by atoms with van der Waals surface area (Å²) in [6.07, 6.45) is 1.96. The molecule has 0 aliphatic heterocycles. The zero-order valence-corrected chi connectivity index (χ0v) is 14.2. The molecule has 126 valence electrons. The Hall–Kier alpha value is -2.53. The number of hydrogen-bond donors (Lipinski definition) is 3. The van der Waals surface area contributed by atoms with Crippen LogP contribution in [0.25, 0.3) is 0 Å². The maximum atomic E-state index is 12.0. The lowest BCUT2D eigenvalue weighted by molar-refractivity contribution is 0.0953. The second kappa shape index (κ2) is 8.93. The molecule has 0 unspecified atom stereocenters. The van der Waals surface area contributed by atoms with Gasteiger partial charge in [-0.2, -0.15) is 0 Å². The van der Waals surface area contributed by atoms with Gasteiger partial charge in [0.05, 0.1) is 0 Å². The van der Waals surface area contributed by atoms with Gasteiger partial charge in [-0.25, -0.2) is 4.79 Å². The van der Waals surface area contributed by atoms with Crippen LogP contribution >= 0.6 is 11.6 Å². The molecule has 0 fully saturated rings. The number of nitrogens with one attached hydrogen (secondary N) is 3. The third-order valence-corrected chi connectivity index (χ3v) is 3.52. The first-order valence-corrected chi connectivity index (χ1v) is 8.18. The Balaban J connectivity index is 1.96. The van der Waals surface area contributed by atoms with E-state index >= 15 is 0 Å². The van der Waals surface area contributed by atoms with Gasteiger partial charge in [0, 0.05) is 28.5 Å². The number of carbonyl (C=O) groups is 2. The summed E-state index contributed by atoms with van der Waals surface area (Å²) in [7, 11) is 0. The molecule has 6 heteroatoms. The smallest absolute Gasteiger partial charge is 0.323 e. The SMILES string of the molecule is CCCCNC(=O)c1cccc(NC(=O)Nc2cccc(Cl)c2)c1. The van der Waals surface area contributed by atoms with Crippen molar-refractivity contribution in [3.63, 3.8) is 0 Å². The zero-order chi connectivity index (χ0) is 17.4. The predicted molar refractivity (Wildman–Crippen MR) is 97.8 cm³/mol. The van der Waals surface area contributed by atoms with Gasteiger partial charge in [0.2, 0.25) is 0 Å². The summed E-state index contributed by atoms with van der Waals surface area (Å²) in [4.78, 5) is 24.1. The number of rotatable bonds is 6. The highest BCUT2D eigenvalue weighted by atomic mass is 35.5. The summed E-state index contributed by atoms with van der Waals surface area (Å²) in [5.41, 5.74) is 1.64. The van der Waals surface area contributed by atoms with Gasteiger partial charge in [-0.3, -0.25) is 4.79 Å². The summed E-state index contributed by atoms with van der Waals surface area (Å²) in [6, 6.07) is 13.3. The van der Waals surface area contributed by atoms with Crippen LogP contribution in [0.2, 0.25) is 5.02 Å². The van der Waals surface area contributed by atoms with E-state index in [1.807, 2.05) is 0 Å². The van der Waals surface area contributed by atoms with E-state index in [4.69, 9.17) is 11.6 Å². The highest BCUT2D eigenvalue weighted by Crippen LogP contribution is 2.16. The largest absolute Gasteiger partial charge is 0.352 e. The van der Waals surface area contributed by atoms with Crippen LogP contribution in [0.5, 0.6) is 0 Å². The molecule has 0 radical (unpaired) electrons. The van der Waals surface area contributed by atoms with E-state index in [2.05, 4.69) is 22.9 Å². The number of anilines is 2. The third-order valence-electron chi connectivity index (χ3n) is 3.28. The highest BCUT2D eigenvalue weighted by molar-refractivity contribution is 6.30. The van der Waals surface area contributed by atoms with Gasteiger partial charge in [-0.1, -0.05) is 37.1 Å². The molecular weight excluding hydrogens is 326 g/mol. The average molecular weight is 346 g/mol. The summed E-state index contributed by atoms with van der Waals surface area (Å²) < 4.78 is 0. The first kappa shape index (κ1) is 17.8. The molecule has 0 aromatic heterocycles. The number of urea groups is 1. The molecule has 0 heterocycles. The monoisotopic (exact) mass is 345 g/mol. The molecule has 5 nitrogen and oxygen atoms in total. The summed E-state index contributed by atoms with van der Waals surface area (Å²) >= 11 is 5.88. The van der Waals surface area contributed by atoms with E-state index < -0.39 is 6.03 Å². The first-order valence-electron chi connectivity index (χ1n) is 7.80. The van der Waals surface area contributed by atoms with E-state index in [-0.39, 0.29) is 5.91 Å². The highest BCUT2D eigenvalue weighted by Gasteiger charge is 2.08. The summed E-state index contributed by atoms with van der Waals surface area (Å²) in [5.74, 6) is -0.151. The Morgan fingerprint density at radius 1 is 1.00 bits per heavy atom. The van der Waals surface area contributed by atoms with E-state index in [0.717, 1.165) is 12.8 Å². The molecular formula is C18H20ClN3O2. The fraction of sp³-hybridized carbons (Fsp3) is 0.222. The lowest BCUT2D eigenvalue weighted by Gasteiger charge is -2.09. The van der Waals surface area contributed by atoms with Crippen molar-refractivity contribution in [3.05, 3.63) is 59.1 Å². The number of benzene rings is 2. The summed E-state index contributed by atoms with van der Waals surface area (Å²) in [6.45, 7) is 2.71. The van der Waals surface area contributed by atoms with Crippen molar-refractivity contribution in [2.24, 2.45) is 0 Å². The topological polar surface area (TPSA) is 70.2 Å². The Morgan fingerprint density at radius 3 is 2.33 bits per heavy atom. The molecule has 0 saturated heterocycles. The van der Waals surface area contributed by atoms with E-state index in [9.17, 15) is 9.59 Å². The van der Waals surface area contributed by atoms with Gasteiger partial charge < -0.3 is 16.0 Å². The number of carbonyl (C=O) groups excluding carboxylic acids is 2. The maximum absolute atomic E-state index is 12.0. The van der Waals surface area contributed by atoms with Crippen LogP contribution in [-0.4, -0.2) is 18.5 Å². The Morgan fingerprint density at radius 2 is 1.67 bits per heavy atom. The van der Waals surface area contributed by atoms with Crippen molar-refractivity contribution >= 4 is 34.9 Å². The van der Waals surface area contributed by atoms with Crippen molar-refractivity contribution in [3.8, 4) is 0 Å². The van der Waals surface area contributed by atoms with Crippen LogP contribution < -0.4 is 16.0 Å². The second-order valence-electron chi connectivity index (χ2n) is 5.28. The van der Waals surface area contributed by atoms with Gasteiger partial charge in [0.25, 0.3) is 5.91 Å². The Kier molecular flexibility index (Phi) is 6.63. The first-order chi connectivity index (χ1) is 11.6. The minimum atomic E-state index is -0.402. The molecule has 24 heavy (non-hydrogen) atoms. The molecule has 0 bridgehead atoms. The van der Waals surface area contributed by atoms with Crippen LogP contribution in [0.3, 0.4) is 0 Å². The Labute approximate surface area is 146 Å². The number of halogens is 1. The predicted octanol–water partition coefficient (Wildman–Crippen LogP) is 4.51. The average Bonchev–Trinajstić information content (AvgIpc) is 2.55. The number of amides is 3. The molecule has 0 saturated carbocycles. The minimum absolute atomic E-state index is 0.151. The fourth-order valence-electron chi connectivity index (χ4n) is 2.08. The van der Waals surface area contributed by atoms with Crippen molar-refractivity contribution in [2.75, 3.05) is 17.2 Å². The van der Waals surface area contributed by atoms with Crippen LogP contribution in [0.1, 0.15) is 30.1 Å². The van der Waals surface area contributed by atoms with Gasteiger partial charge >= 0.3 is 6.03 Å². The molecule has 2 rings (SSSR count). The molecule has 0 aliphatic rings. The molecule has 2 aromatic carbocycles. The second-order valence-corrected chi connectivity index (χ2v) is 5.72. The van der Waals surface area contributed by atoms with Gasteiger partial charge in [0.1, 0.15) is 0 Å². The zero-order valence-electron chi connectivity index (χ0n) is 13.4. The van der Waals surface area contributed by atoms with Gasteiger partial charge in [-0.15, -0.1) is 0 Å². The van der Waals surface area contributed by atoms with Crippen molar-refractivity contribution in [1.29, 1.82) is 0 Å². The normalized spacial score (nSPS) is 10.1. The van der Waals surface area contributed by atoms with Crippen LogP contribution in [0.4, 0.5) is 16.2 Å². The number of hydrogen-bond acceptors (Lipinski definition) is 2. The van der Waals surface area contributed by atoms with Crippen molar-refractivity contribution < 1.29 is 9.59 Å². The van der Waals surface area contributed by atoms with Crippen LogP contribution in [0, 0.1) is 0 Å². The molecule has 0 aliphatic carbocycles. The van der Waals surface area contributed by atoms with E-state index in [1.54, 1.807) is 48.5 Å². The molecule has 3 N–H and O–H groups in total. The summed E-state index contributed by atoms with van der Waals surface area (Å²) in [5, 5.41) is 8.77. The van der Waals surface area contributed by atoms with Crippen molar-refractivity contribution in [2.45, 2.75) is 19.8 Å². The van der Waals surface area contributed by atoms with Gasteiger partial charge in [-0.05, 0) is 42.8 Å². The number of unbranched alkanes of at least 4 members (excludes halogenated alkanes) is 1. The lowest BCUT2D eigenvalue weighted by atomic mass is 10.2. The minimum Gasteiger partial charge on any atom is -0.352 e. The van der Waals surface area contributed by atoms with E-state index in [1.165, 1.54) is 0 Å². The molecule has 0 spiro atoms. The molecule has 3 amide bonds. The third kappa shape index (κ3) is 5.59. The van der Waals surface area contributed by atoms with Gasteiger partial charge in [0.15, 0.2) is 0 Å². The van der Waals surface area contributed by atoms with Crippen LogP contribution in [0.15, 0.2) is 48.5 Å². The standard InChI is InChI=1S/C18H20ClN3O2/c1-2-3-10-20-17(23)13-6-4-8-15(11-13)21-18(24)22-16-9-5-7-14(19)12-16/h4-9,11-12H,2-3,10H2,1H3,(H,20,23)(H2,21,22,24). The van der Waals surface area contributed by atoms with E-state index in [0.29, 0.717) is 28.5 Å². The quantitative estimate of drug-likeness (QED) is 0.674. The fourth-order valence-corrected chi connectivity index (χ4v) is 2.27. The molecule has 0 atom stereocenters. The molecule has 2 aromatic rings. The lowest BCUT2D eigenvalue weighted by Crippen LogP contribution is -2.24.